The van der Waals surface area contributed by atoms with Gasteiger partial charge in [-0.1, -0.05) is 4.49 Å². The van der Waals surface area contributed by atoms with Gasteiger partial charge in [-0.3, -0.25) is 4.68 Å². The SMILES string of the molecule is Cc1nn(C)c(C)c1[C@H]1OCC[C@@H]1NCc1csnn1. The van der Waals surface area contributed by atoms with Crippen molar-refractivity contribution >= 4 is 11.5 Å². The molecule has 0 amide bonds. The first-order valence-corrected chi connectivity index (χ1v) is 7.61. The van der Waals surface area contributed by atoms with E-state index >= 15 is 0 Å². The largest absolute Gasteiger partial charge is 0.372 e. The van der Waals surface area contributed by atoms with E-state index in [1.54, 1.807) is 0 Å². The highest BCUT2D eigenvalue weighted by atomic mass is 32.1. The molecular formula is C13H19N5OS. The van der Waals surface area contributed by atoms with Crippen LogP contribution in [0.3, 0.4) is 0 Å². The summed E-state index contributed by atoms with van der Waals surface area (Å²) >= 11 is 1.38. The van der Waals surface area contributed by atoms with Crippen molar-refractivity contribution in [3.63, 3.8) is 0 Å². The smallest absolute Gasteiger partial charge is 0.101 e. The first-order chi connectivity index (χ1) is 9.66. The molecule has 2 aromatic heterocycles. The first kappa shape index (κ1) is 13.7. The average molecular weight is 293 g/mol. The van der Waals surface area contributed by atoms with E-state index in [1.165, 1.54) is 22.8 Å². The number of ether oxygens (including phenoxy) is 1. The fraction of sp³-hybridized carbons (Fsp3) is 0.615. The normalized spacial score (nSPS) is 22.6. The zero-order chi connectivity index (χ0) is 14.1. The van der Waals surface area contributed by atoms with E-state index in [0.29, 0.717) is 6.04 Å². The van der Waals surface area contributed by atoms with Gasteiger partial charge in [0.1, 0.15) is 6.10 Å². The maximum atomic E-state index is 5.95. The van der Waals surface area contributed by atoms with Gasteiger partial charge in [0.05, 0.1) is 11.4 Å². The van der Waals surface area contributed by atoms with Crippen LogP contribution in [-0.2, 0) is 18.3 Å². The lowest BCUT2D eigenvalue weighted by Crippen LogP contribution is -2.31. The molecule has 1 aliphatic heterocycles. The summed E-state index contributed by atoms with van der Waals surface area (Å²) in [6.07, 6.45) is 1.09. The van der Waals surface area contributed by atoms with Gasteiger partial charge in [-0.25, -0.2) is 0 Å². The molecule has 108 valence electrons. The quantitative estimate of drug-likeness (QED) is 0.925. The third-order valence-corrected chi connectivity index (χ3v) is 4.45. The van der Waals surface area contributed by atoms with Crippen LogP contribution in [0.5, 0.6) is 0 Å². The van der Waals surface area contributed by atoms with Crippen LogP contribution in [0.15, 0.2) is 5.38 Å². The summed E-state index contributed by atoms with van der Waals surface area (Å²) in [5.41, 5.74) is 4.44. The molecule has 3 rings (SSSR count). The highest BCUT2D eigenvalue weighted by Crippen LogP contribution is 2.33. The highest BCUT2D eigenvalue weighted by molar-refractivity contribution is 7.03. The topological polar surface area (TPSA) is 64.9 Å². The lowest BCUT2D eigenvalue weighted by molar-refractivity contribution is 0.0973. The van der Waals surface area contributed by atoms with Crippen LogP contribution in [0, 0.1) is 13.8 Å². The third-order valence-electron chi connectivity index (χ3n) is 3.89. The summed E-state index contributed by atoms with van der Waals surface area (Å²) in [4.78, 5) is 0. The molecular weight excluding hydrogens is 274 g/mol. The number of nitrogens with one attached hydrogen (secondary N) is 1. The Kier molecular flexibility index (Phi) is 3.82. The Hall–Kier alpha value is -1.31. The molecule has 0 aliphatic carbocycles. The lowest BCUT2D eigenvalue weighted by Gasteiger charge is -2.20. The average Bonchev–Trinajstić information content (AvgIpc) is 3.10. The van der Waals surface area contributed by atoms with Crippen LogP contribution in [0.2, 0.25) is 0 Å². The van der Waals surface area contributed by atoms with Crippen LogP contribution in [0.1, 0.15) is 35.2 Å². The number of nitrogens with zero attached hydrogens (tertiary/aromatic N) is 4. The van der Waals surface area contributed by atoms with Crippen molar-refractivity contribution in [3.8, 4) is 0 Å². The van der Waals surface area contributed by atoms with E-state index in [-0.39, 0.29) is 6.10 Å². The molecule has 20 heavy (non-hydrogen) atoms. The number of hydrogen-bond acceptors (Lipinski definition) is 6. The molecule has 1 N–H and O–H groups in total. The fourth-order valence-electron chi connectivity index (χ4n) is 2.78. The summed E-state index contributed by atoms with van der Waals surface area (Å²) in [6.45, 7) is 5.66. The van der Waals surface area contributed by atoms with Crippen LogP contribution < -0.4 is 5.32 Å². The minimum atomic E-state index is 0.0790. The standard InChI is InChI=1S/C13H19N5OS/c1-8-12(9(2)18(3)16-8)13-11(4-5-19-13)14-6-10-7-20-17-15-10/h7,11,13-14H,4-6H2,1-3H3/t11-,13-/m0/s1. The van der Waals surface area contributed by atoms with Gasteiger partial charge in [-0.2, -0.15) is 5.10 Å². The van der Waals surface area contributed by atoms with Crippen LogP contribution in [0.25, 0.3) is 0 Å². The Morgan fingerprint density at radius 2 is 2.35 bits per heavy atom. The Bertz CT molecular complexity index is 580. The molecule has 1 fully saturated rings. The van der Waals surface area contributed by atoms with Gasteiger partial charge in [0.15, 0.2) is 0 Å². The van der Waals surface area contributed by atoms with Gasteiger partial charge < -0.3 is 10.1 Å². The van der Waals surface area contributed by atoms with Crippen LogP contribution >= 0.6 is 11.5 Å². The van der Waals surface area contributed by atoms with Gasteiger partial charge in [0.25, 0.3) is 0 Å². The molecule has 1 saturated heterocycles. The maximum absolute atomic E-state index is 5.95. The molecule has 6 nitrogen and oxygen atoms in total. The van der Waals surface area contributed by atoms with Gasteiger partial charge in [0, 0.05) is 42.9 Å². The van der Waals surface area contributed by atoms with Crippen molar-refractivity contribution in [2.45, 2.75) is 39.0 Å². The second kappa shape index (κ2) is 5.59. The van der Waals surface area contributed by atoms with E-state index < -0.39 is 0 Å². The fourth-order valence-corrected chi connectivity index (χ4v) is 3.23. The minimum Gasteiger partial charge on any atom is -0.372 e. The second-order valence-electron chi connectivity index (χ2n) is 5.17. The molecule has 0 saturated carbocycles. The molecule has 3 heterocycles. The summed E-state index contributed by atoms with van der Waals surface area (Å²) in [7, 11) is 1.98. The summed E-state index contributed by atoms with van der Waals surface area (Å²) < 4.78 is 11.8. The van der Waals surface area contributed by atoms with Crippen molar-refractivity contribution in [1.82, 2.24) is 24.7 Å². The zero-order valence-electron chi connectivity index (χ0n) is 12.0. The number of aryl methyl sites for hydroxylation is 2. The molecule has 1 aliphatic rings. The first-order valence-electron chi connectivity index (χ1n) is 6.78. The van der Waals surface area contributed by atoms with E-state index in [0.717, 1.165) is 31.0 Å². The van der Waals surface area contributed by atoms with E-state index in [1.807, 2.05) is 24.0 Å². The van der Waals surface area contributed by atoms with E-state index in [9.17, 15) is 0 Å². The number of aromatic nitrogens is 4. The number of hydrogen-bond donors (Lipinski definition) is 1. The summed E-state index contributed by atoms with van der Waals surface area (Å²) in [5, 5.41) is 14.1. The van der Waals surface area contributed by atoms with Crippen molar-refractivity contribution in [3.05, 3.63) is 28.0 Å². The Labute approximate surface area is 122 Å². The van der Waals surface area contributed by atoms with Gasteiger partial charge in [-0.15, -0.1) is 5.10 Å². The van der Waals surface area contributed by atoms with Crippen molar-refractivity contribution in [1.29, 1.82) is 0 Å². The predicted octanol–water partition coefficient (Wildman–Crippen LogP) is 1.51. The highest BCUT2D eigenvalue weighted by Gasteiger charge is 2.33. The molecule has 7 heteroatoms. The van der Waals surface area contributed by atoms with E-state index in [2.05, 4.69) is 26.9 Å². The second-order valence-corrected chi connectivity index (χ2v) is 5.78. The molecule has 0 radical (unpaired) electrons. The minimum absolute atomic E-state index is 0.0790. The maximum Gasteiger partial charge on any atom is 0.101 e. The summed E-state index contributed by atoms with van der Waals surface area (Å²) in [6, 6.07) is 0.304. The van der Waals surface area contributed by atoms with Crippen molar-refractivity contribution in [2.75, 3.05) is 6.61 Å². The summed E-state index contributed by atoms with van der Waals surface area (Å²) in [5.74, 6) is 0. The Morgan fingerprint density at radius 1 is 1.50 bits per heavy atom. The Morgan fingerprint density at radius 3 is 3.00 bits per heavy atom. The van der Waals surface area contributed by atoms with Crippen LogP contribution in [0.4, 0.5) is 0 Å². The van der Waals surface area contributed by atoms with Crippen molar-refractivity contribution in [2.24, 2.45) is 7.05 Å². The molecule has 2 atom stereocenters. The number of rotatable bonds is 4. The van der Waals surface area contributed by atoms with Gasteiger partial charge >= 0.3 is 0 Å². The third kappa shape index (κ3) is 2.48. The zero-order valence-corrected chi connectivity index (χ0v) is 12.8. The molecule has 0 aromatic carbocycles. The lowest BCUT2D eigenvalue weighted by atomic mass is 10.0. The van der Waals surface area contributed by atoms with Gasteiger partial charge in [0.2, 0.25) is 0 Å². The Balaban J connectivity index is 1.75. The van der Waals surface area contributed by atoms with E-state index in [4.69, 9.17) is 4.74 Å². The molecule has 0 spiro atoms. The molecule has 0 bridgehead atoms. The van der Waals surface area contributed by atoms with Crippen molar-refractivity contribution < 1.29 is 4.74 Å². The monoisotopic (exact) mass is 293 g/mol. The molecule has 2 aromatic rings. The predicted molar refractivity (Wildman–Crippen MR) is 76.5 cm³/mol. The van der Waals surface area contributed by atoms with Gasteiger partial charge in [-0.05, 0) is 31.8 Å². The van der Waals surface area contributed by atoms with Crippen LogP contribution in [-0.4, -0.2) is 32.0 Å². The molecule has 0 unspecified atom stereocenters.